The summed E-state index contributed by atoms with van der Waals surface area (Å²) in [6, 6.07) is 20.5. The maximum atomic E-state index is 7.31. The molecule has 0 saturated carbocycles. The summed E-state index contributed by atoms with van der Waals surface area (Å²) in [5.41, 5.74) is 7.17. The van der Waals surface area contributed by atoms with Gasteiger partial charge in [0.1, 0.15) is 18.1 Å². The fourth-order valence-corrected chi connectivity index (χ4v) is 5.41. The van der Waals surface area contributed by atoms with Gasteiger partial charge in [0, 0.05) is 17.9 Å². The van der Waals surface area contributed by atoms with Crippen LogP contribution in [-0.2, 0) is 16.1 Å². The van der Waals surface area contributed by atoms with Crippen LogP contribution in [0.4, 0.5) is 5.69 Å². The van der Waals surface area contributed by atoms with Gasteiger partial charge in [0.25, 0.3) is 0 Å². The van der Waals surface area contributed by atoms with E-state index >= 15 is 0 Å². The van der Waals surface area contributed by atoms with Crippen molar-refractivity contribution >= 4 is 5.69 Å². The smallest absolute Gasteiger partial charge is 0.187 e. The third kappa shape index (κ3) is 6.46. The van der Waals surface area contributed by atoms with Crippen molar-refractivity contribution in [2.24, 2.45) is 5.41 Å². The second kappa shape index (κ2) is 12.7. The van der Waals surface area contributed by atoms with Crippen LogP contribution in [-0.4, -0.2) is 33.0 Å². The highest BCUT2D eigenvalue weighted by Crippen LogP contribution is 2.46. The zero-order chi connectivity index (χ0) is 27.1. The molecule has 0 aromatic heterocycles. The monoisotopic (exact) mass is 525 g/mol. The molecule has 5 rings (SSSR count). The quantitative estimate of drug-likeness (QED) is 0.157. The van der Waals surface area contributed by atoms with Crippen LogP contribution >= 0.6 is 0 Å². The first-order valence-corrected chi connectivity index (χ1v) is 14.3. The Labute approximate surface area is 232 Å². The summed E-state index contributed by atoms with van der Waals surface area (Å²) in [5.74, 6) is 1.99. The van der Waals surface area contributed by atoms with Crippen LogP contribution < -0.4 is 9.47 Å². The molecule has 204 valence electrons. The molecule has 0 radical (unpaired) electrons. The van der Waals surface area contributed by atoms with Crippen LogP contribution in [0.3, 0.4) is 0 Å². The van der Waals surface area contributed by atoms with Crippen LogP contribution in [0.25, 0.3) is 16.0 Å². The minimum Gasteiger partial charge on any atom is -0.494 e. The van der Waals surface area contributed by atoms with Gasteiger partial charge in [-0.1, -0.05) is 56.7 Å². The molecule has 1 saturated heterocycles. The maximum absolute atomic E-state index is 7.31. The predicted octanol–water partition coefficient (Wildman–Crippen LogP) is 8.33. The SMILES string of the molecule is [C-]#[N+]c1ccc2c(c1)C(C)c1cc(COc3ccc(OCCCCCCOCC4(CC)COC4)cc3)ccc1-2. The predicted molar refractivity (Wildman–Crippen MR) is 155 cm³/mol. The first-order valence-electron chi connectivity index (χ1n) is 14.3. The zero-order valence-corrected chi connectivity index (χ0v) is 23.2. The fraction of sp³-hybridized carbons (Fsp3) is 0.441. The molecule has 1 heterocycles. The Kier molecular flexibility index (Phi) is 8.86. The van der Waals surface area contributed by atoms with E-state index in [2.05, 4.69) is 43.0 Å². The summed E-state index contributed by atoms with van der Waals surface area (Å²) in [7, 11) is 0. The topological polar surface area (TPSA) is 41.3 Å². The van der Waals surface area contributed by atoms with Crippen LogP contribution in [0.2, 0.25) is 0 Å². The Morgan fingerprint density at radius 2 is 1.51 bits per heavy atom. The van der Waals surface area contributed by atoms with E-state index in [1.807, 2.05) is 36.4 Å². The lowest BCUT2D eigenvalue weighted by atomic mass is 9.84. The molecule has 1 unspecified atom stereocenters. The van der Waals surface area contributed by atoms with Gasteiger partial charge in [-0.15, -0.1) is 0 Å². The summed E-state index contributed by atoms with van der Waals surface area (Å²) < 4.78 is 23.2. The number of hydrogen-bond acceptors (Lipinski definition) is 4. The maximum Gasteiger partial charge on any atom is 0.187 e. The van der Waals surface area contributed by atoms with Crippen molar-refractivity contribution in [3.05, 3.63) is 88.8 Å². The summed E-state index contributed by atoms with van der Waals surface area (Å²) in [6.45, 7) is 16.4. The van der Waals surface area contributed by atoms with Crippen molar-refractivity contribution in [1.82, 2.24) is 0 Å². The number of unbranched alkanes of at least 4 members (excludes halogenated alkanes) is 3. The molecule has 39 heavy (non-hydrogen) atoms. The van der Waals surface area contributed by atoms with Crippen molar-refractivity contribution in [1.29, 1.82) is 0 Å². The molecule has 0 spiro atoms. The second-order valence-corrected chi connectivity index (χ2v) is 10.9. The molecule has 0 bridgehead atoms. The number of fused-ring (bicyclic) bond motifs is 3. The highest BCUT2D eigenvalue weighted by Gasteiger charge is 2.36. The first kappa shape index (κ1) is 27.2. The van der Waals surface area contributed by atoms with Crippen LogP contribution in [0, 0.1) is 12.0 Å². The van der Waals surface area contributed by atoms with E-state index in [9.17, 15) is 0 Å². The van der Waals surface area contributed by atoms with Gasteiger partial charge in [0.05, 0.1) is 33.0 Å². The molecule has 2 aliphatic rings. The standard InChI is InChI=1S/C34H39NO4/c1-4-34(23-37-24-34)22-36-17-7-5-6-8-18-38-28-11-13-29(14-12-28)39-21-26-9-15-30-31-16-10-27(35-3)20-33(31)25(2)32(30)19-26/h9-16,19-20,25H,4-8,17-18,21-24H2,1-2H3. The molecule has 1 aliphatic heterocycles. The third-order valence-corrected chi connectivity index (χ3v) is 8.16. The zero-order valence-electron chi connectivity index (χ0n) is 23.2. The average Bonchev–Trinajstić information content (AvgIpc) is 3.23. The fourth-order valence-electron chi connectivity index (χ4n) is 5.41. The summed E-state index contributed by atoms with van der Waals surface area (Å²) in [4.78, 5) is 3.60. The Balaban J connectivity index is 0.994. The van der Waals surface area contributed by atoms with Gasteiger partial charge in [-0.3, -0.25) is 0 Å². The largest absolute Gasteiger partial charge is 0.494 e. The number of ether oxygens (including phenoxy) is 4. The summed E-state index contributed by atoms with van der Waals surface area (Å²) in [5, 5.41) is 0. The first-order chi connectivity index (χ1) is 19.1. The van der Waals surface area contributed by atoms with Gasteiger partial charge in [-0.25, -0.2) is 4.85 Å². The third-order valence-electron chi connectivity index (χ3n) is 8.16. The second-order valence-electron chi connectivity index (χ2n) is 10.9. The van der Waals surface area contributed by atoms with Crippen LogP contribution in [0.1, 0.15) is 68.6 Å². The Morgan fingerprint density at radius 1 is 0.846 bits per heavy atom. The highest BCUT2D eigenvalue weighted by atomic mass is 16.5. The van der Waals surface area contributed by atoms with E-state index in [1.54, 1.807) is 0 Å². The van der Waals surface area contributed by atoms with Crippen molar-refractivity contribution < 1.29 is 18.9 Å². The van der Waals surface area contributed by atoms with E-state index in [4.69, 9.17) is 25.5 Å². The lowest BCUT2D eigenvalue weighted by Gasteiger charge is -2.40. The van der Waals surface area contributed by atoms with Crippen molar-refractivity contribution in [2.75, 3.05) is 33.0 Å². The lowest BCUT2D eigenvalue weighted by Crippen LogP contribution is -2.45. The molecular weight excluding hydrogens is 486 g/mol. The van der Waals surface area contributed by atoms with Crippen molar-refractivity contribution in [3.8, 4) is 22.6 Å². The minimum atomic E-state index is 0.280. The van der Waals surface area contributed by atoms with Crippen molar-refractivity contribution in [3.63, 3.8) is 0 Å². The molecule has 3 aromatic carbocycles. The molecule has 5 heteroatoms. The summed E-state index contributed by atoms with van der Waals surface area (Å²) in [6.07, 6.45) is 5.60. The van der Waals surface area contributed by atoms with Crippen molar-refractivity contribution in [2.45, 2.75) is 58.5 Å². The Morgan fingerprint density at radius 3 is 2.18 bits per heavy atom. The van der Waals surface area contributed by atoms with E-state index in [-0.39, 0.29) is 11.3 Å². The van der Waals surface area contributed by atoms with Crippen LogP contribution in [0.15, 0.2) is 60.7 Å². The van der Waals surface area contributed by atoms with E-state index in [0.29, 0.717) is 12.3 Å². The molecule has 0 N–H and O–H groups in total. The molecular formula is C34H39NO4. The lowest BCUT2D eigenvalue weighted by molar-refractivity contribution is -0.150. The van der Waals surface area contributed by atoms with Gasteiger partial charge >= 0.3 is 0 Å². The number of hydrogen-bond donors (Lipinski definition) is 0. The van der Waals surface area contributed by atoms with E-state index in [1.165, 1.54) is 28.7 Å². The molecule has 5 nitrogen and oxygen atoms in total. The van der Waals surface area contributed by atoms with Gasteiger partial charge in [0.2, 0.25) is 0 Å². The number of benzene rings is 3. The molecule has 1 atom stereocenters. The molecule has 1 fully saturated rings. The van der Waals surface area contributed by atoms with Gasteiger partial charge in [0.15, 0.2) is 5.69 Å². The normalized spacial score (nSPS) is 16.6. The molecule has 1 aliphatic carbocycles. The van der Waals surface area contributed by atoms with Gasteiger partial charge < -0.3 is 18.9 Å². The van der Waals surface area contributed by atoms with Gasteiger partial charge in [-0.2, -0.15) is 0 Å². The number of nitrogens with zero attached hydrogens (tertiary/aromatic N) is 1. The van der Waals surface area contributed by atoms with Crippen LogP contribution in [0.5, 0.6) is 11.5 Å². The Bertz CT molecular complexity index is 1280. The van der Waals surface area contributed by atoms with E-state index < -0.39 is 0 Å². The number of rotatable bonds is 14. The average molecular weight is 526 g/mol. The molecule has 3 aromatic rings. The van der Waals surface area contributed by atoms with E-state index in [0.717, 1.165) is 75.8 Å². The Hall–Kier alpha value is -3.33. The van der Waals surface area contributed by atoms with Gasteiger partial charge in [-0.05, 0) is 77.8 Å². The highest BCUT2D eigenvalue weighted by molar-refractivity contribution is 5.80. The summed E-state index contributed by atoms with van der Waals surface area (Å²) >= 11 is 0. The minimum absolute atomic E-state index is 0.280. The molecule has 0 amide bonds.